The van der Waals surface area contributed by atoms with Crippen molar-refractivity contribution in [1.29, 1.82) is 0 Å². The summed E-state index contributed by atoms with van der Waals surface area (Å²) in [5.74, 6) is 0. The Morgan fingerprint density at radius 3 is 2.88 bits per heavy atom. The zero-order valence-corrected chi connectivity index (χ0v) is 10.7. The first-order valence-corrected chi connectivity index (χ1v) is 6.61. The fraction of sp³-hybridized carbons (Fsp3) is 0.333. The van der Waals surface area contributed by atoms with E-state index in [0.717, 1.165) is 32.8 Å². The number of nitro groups is 1. The van der Waals surface area contributed by atoms with Crippen LogP contribution >= 0.6 is 22.7 Å². The molecule has 0 saturated carbocycles. The van der Waals surface area contributed by atoms with Gasteiger partial charge in [0.25, 0.3) is 0 Å². The summed E-state index contributed by atoms with van der Waals surface area (Å²) in [5, 5.41) is 23.5. The minimum atomic E-state index is -0.394. The molecule has 0 aliphatic carbocycles. The van der Waals surface area contributed by atoms with E-state index in [1.54, 1.807) is 6.07 Å². The van der Waals surface area contributed by atoms with Crippen LogP contribution in [-0.4, -0.2) is 21.7 Å². The number of aromatic nitrogens is 2. The summed E-state index contributed by atoms with van der Waals surface area (Å²) in [5.41, 5.74) is 0. The molecule has 0 saturated heterocycles. The molecule has 0 aliphatic heterocycles. The van der Waals surface area contributed by atoms with Crippen molar-refractivity contribution in [3.63, 3.8) is 0 Å². The molecule has 0 radical (unpaired) electrons. The number of thiophene rings is 1. The predicted octanol–water partition coefficient (Wildman–Crippen LogP) is 2.28. The van der Waals surface area contributed by atoms with Gasteiger partial charge in [-0.05, 0) is 12.6 Å². The van der Waals surface area contributed by atoms with E-state index in [1.807, 2.05) is 6.92 Å². The van der Waals surface area contributed by atoms with E-state index in [1.165, 1.54) is 17.4 Å². The first-order valence-electron chi connectivity index (χ1n) is 4.98. The number of nitrogens with one attached hydrogen (secondary N) is 1. The molecule has 0 amide bonds. The van der Waals surface area contributed by atoms with Crippen LogP contribution < -0.4 is 5.32 Å². The summed E-state index contributed by atoms with van der Waals surface area (Å²) in [7, 11) is 0. The van der Waals surface area contributed by atoms with E-state index in [9.17, 15) is 10.1 Å². The van der Waals surface area contributed by atoms with Crippen molar-refractivity contribution in [2.75, 3.05) is 6.54 Å². The summed E-state index contributed by atoms with van der Waals surface area (Å²) in [4.78, 5) is 11.0. The highest BCUT2D eigenvalue weighted by atomic mass is 32.1. The van der Waals surface area contributed by atoms with Gasteiger partial charge in [-0.25, -0.2) is 0 Å². The van der Waals surface area contributed by atoms with E-state index in [-0.39, 0.29) is 5.00 Å². The van der Waals surface area contributed by atoms with Gasteiger partial charge in [-0.2, -0.15) is 0 Å². The van der Waals surface area contributed by atoms with Gasteiger partial charge in [0.2, 0.25) is 0 Å². The summed E-state index contributed by atoms with van der Waals surface area (Å²) in [6, 6.07) is 3.20. The van der Waals surface area contributed by atoms with Crippen molar-refractivity contribution in [2.24, 2.45) is 0 Å². The van der Waals surface area contributed by atoms with Crippen LogP contribution in [0, 0.1) is 10.1 Å². The lowest BCUT2D eigenvalue weighted by molar-refractivity contribution is -0.380. The van der Waals surface area contributed by atoms with Crippen LogP contribution in [0.15, 0.2) is 12.1 Å². The number of hydrogen-bond acceptors (Lipinski definition) is 7. The van der Waals surface area contributed by atoms with Crippen LogP contribution in [0.1, 0.15) is 11.9 Å². The molecule has 2 rings (SSSR count). The fourth-order valence-electron chi connectivity index (χ4n) is 1.20. The lowest BCUT2D eigenvalue weighted by atomic mass is 10.5. The third-order valence-electron chi connectivity index (χ3n) is 1.98. The van der Waals surface area contributed by atoms with Crippen LogP contribution in [0.4, 0.5) is 5.00 Å². The molecular weight excluding hydrogens is 260 g/mol. The Morgan fingerprint density at radius 1 is 1.41 bits per heavy atom. The van der Waals surface area contributed by atoms with Gasteiger partial charge < -0.3 is 5.32 Å². The Kier molecular flexibility index (Phi) is 3.77. The van der Waals surface area contributed by atoms with Crippen LogP contribution in [0.5, 0.6) is 0 Å². The molecule has 0 bridgehead atoms. The monoisotopic (exact) mass is 270 g/mol. The second kappa shape index (κ2) is 5.30. The van der Waals surface area contributed by atoms with Crippen LogP contribution in [0.3, 0.4) is 0 Å². The number of hydrogen-bond donors (Lipinski definition) is 1. The molecule has 90 valence electrons. The third-order valence-corrected chi connectivity index (χ3v) is 4.10. The minimum Gasteiger partial charge on any atom is -0.311 e. The predicted molar refractivity (Wildman–Crippen MR) is 67.3 cm³/mol. The average molecular weight is 270 g/mol. The second-order valence-electron chi connectivity index (χ2n) is 3.18. The van der Waals surface area contributed by atoms with E-state index in [4.69, 9.17) is 0 Å². The quantitative estimate of drug-likeness (QED) is 0.666. The van der Waals surface area contributed by atoms with E-state index >= 15 is 0 Å². The van der Waals surface area contributed by atoms with Crippen molar-refractivity contribution in [2.45, 2.75) is 13.5 Å². The summed E-state index contributed by atoms with van der Waals surface area (Å²) in [6.07, 6.45) is 0. The number of rotatable bonds is 5. The molecule has 0 spiro atoms. The molecule has 0 aromatic carbocycles. The molecule has 2 aromatic rings. The van der Waals surface area contributed by atoms with Gasteiger partial charge in [0.05, 0.1) is 9.80 Å². The topological polar surface area (TPSA) is 81.0 Å². The first kappa shape index (κ1) is 12.1. The van der Waals surface area contributed by atoms with Gasteiger partial charge in [-0.15, -0.1) is 10.2 Å². The highest BCUT2D eigenvalue weighted by molar-refractivity contribution is 7.23. The van der Waals surface area contributed by atoms with Gasteiger partial charge in [0.1, 0.15) is 5.01 Å². The van der Waals surface area contributed by atoms with Gasteiger partial charge >= 0.3 is 5.00 Å². The molecule has 0 aliphatic rings. The zero-order valence-electron chi connectivity index (χ0n) is 9.04. The van der Waals surface area contributed by atoms with Crippen LogP contribution in [0.25, 0.3) is 9.88 Å². The molecule has 2 aromatic heterocycles. The van der Waals surface area contributed by atoms with Gasteiger partial charge in [0, 0.05) is 12.6 Å². The summed E-state index contributed by atoms with van der Waals surface area (Å²) in [6.45, 7) is 3.57. The van der Waals surface area contributed by atoms with E-state index in [0.29, 0.717) is 6.54 Å². The largest absolute Gasteiger partial charge is 0.324 e. The molecule has 17 heavy (non-hydrogen) atoms. The lowest BCUT2D eigenvalue weighted by Gasteiger charge is -1.93. The van der Waals surface area contributed by atoms with Crippen molar-refractivity contribution in [3.05, 3.63) is 27.3 Å². The Bertz CT molecular complexity index is 523. The Hall–Kier alpha value is -1.38. The molecule has 8 heteroatoms. The Balaban J connectivity index is 2.15. The van der Waals surface area contributed by atoms with Gasteiger partial charge in [-0.1, -0.05) is 29.6 Å². The standard InChI is InChI=1S/C9H10N4O2S2/c1-2-10-5-7-11-12-9(17-7)6-3-4-8(16-6)13(14)15/h3-4,10H,2,5H2,1H3. The average Bonchev–Trinajstić information content (AvgIpc) is 2.94. The van der Waals surface area contributed by atoms with Crippen molar-refractivity contribution >= 4 is 27.7 Å². The van der Waals surface area contributed by atoms with Crippen LogP contribution in [0.2, 0.25) is 0 Å². The van der Waals surface area contributed by atoms with E-state index in [2.05, 4.69) is 15.5 Å². The second-order valence-corrected chi connectivity index (χ2v) is 5.30. The first-order chi connectivity index (χ1) is 8.20. The molecule has 6 nitrogen and oxygen atoms in total. The minimum absolute atomic E-state index is 0.128. The van der Waals surface area contributed by atoms with Gasteiger partial charge in [0.15, 0.2) is 5.01 Å². The smallest absolute Gasteiger partial charge is 0.311 e. The van der Waals surface area contributed by atoms with E-state index < -0.39 is 4.92 Å². The maximum absolute atomic E-state index is 10.6. The third kappa shape index (κ3) is 2.84. The maximum atomic E-state index is 10.6. The molecule has 0 atom stereocenters. The van der Waals surface area contributed by atoms with Crippen LogP contribution in [-0.2, 0) is 6.54 Å². The molecule has 0 unspecified atom stereocenters. The van der Waals surface area contributed by atoms with Crippen molar-refractivity contribution in [3.8, 4) is 9.88 Å². The summed E-state index contributed by atoms with van der Waals surface area (Å²) < 4.78 is 0. The number of nitrogens with zero attached hydrogens (tertiary/aromatic N) is 3. The Labute approximate surface area is 105 Å². The molecular formula is C9H10N4O2S2. The van der Waals surface area contributed by atoms with Crippen molar-refractivity contribution < 1.29 is 4.92 Å². The van der Waals surface area contributed by atoms with Crippen molar-refractivity contribution in [1.82, 2.24) is 15.5 Å². The maximum Gasteiger partial charge on any atom is 0.324 e. The summed E-state index contributed by atoms with van der Waals surface area (Å²) >= 11 is 2.57. The SMILES string of the molecule is CCNCc1nnc(-c2ccc([N+](=O)[O-])s2)s1. The normalized spacial score (nSPS) is 10.6. The molecule has 1 N–H and O–H groups in total. The highest BCUT2D eigenvalue weighted by Crippen LogP contribution is 2.34. The fourth-order valence-corrected chi connectivity index (χ4v) is 2.88. The lowest BCUT2D eigenvalue weighted by Crippen LogP contribution is -2.11. The highest BCUT2D eigenvalue weighted by Gasteiger charge is 2.14. The molecule has 2 heterocycles. The Morgan fingerprint density at radius 2 is 2.24 bits per heavy atom. The van der Waals surface area contributed by atoms with Gasteiger partial charge in [-0.3, -0.25) is 10.1 Å². The zero-order chi connectivity index (χ0) is 12.3. The molecule has 0 fully saturated rings.